The Kier molecular flexibility index (Phi) is 4.76. The van der Waals surface area contributed by atoms with Crippen LogP contribution in [0.1, 0.15) is 24.0 Å². The third kappa shape index (κ3) is 3.99. The molecule has 0 atom stereocenters. The van der Waals surface area contributed by atoms with Crippen molar-refractivity contribution in [2.24, 2.45) is 0 Å². The summed E-state index contributed by atoms with van der Waals surface area (Å²) in [5, 5.41) is 4.08. The van der Waals surface area contributed by atoms with Crippen LogP contribution < -0.4 is 10.1 Å². The first kappa shape index (κ1) is 15.7. The standard InChI is InChI=1S/C18H21N3OS/c1-13-5-8-16(17(10-13)22-2)20-18(23)21(15-6-7-15)12-14-4-3-9-19-11-14/h3-5,8-11,15H,6-7,12H2,1-2H3,(H,20,23). The van der Waals surface area contributed by atoms with Gasteiger partial charge in [-0.25, -0.2) is 0 Å². The summed E-state index contributed by atoms with van der Waals surface area (Å²) < 4.78 is 5.45. The van der Waals surface area contributed by atoms with Crippen LogP contribution in [0.3, 0.4) is 0 Å². The fourth-order valence-electron chi connectivity index (χ4n) is 2.53. The zero-order chi connectivity index (χ0) is 16.2. The van der Waals surface area contributed by atoms with Crippen molar-refractivity contribution in [1.29, 1.82) is 0 Å². The van der Waals surface area contributed by atoms with Gasteiger partial charge in [-0.1, -0.05) is 12.1 Å². The van der Waals surface area contributed by atoms with Gasteiger partial charge in [-0.15, -0.1) is 0 Å². The van der Waals surface area contributed by atoms with Gasteiger partial charge in [0.2, 0.25) is 0 Å². The Balaban J connectivity index is 1.74. The van der Waals surface area contributed by atoms with Crippen molar-refractivity contribution in [1.82, 2.24) is 9.88 Å². The van der Waals surface area contributed by atoms with Gasteiger partial charge >= 0.3 is 0 Å². The molecular formula is C18H21N3OS. The second-order valence-electron chi connectivity index (χ2n) is 5.85. The molecule has 0 saturated heterocycles. The molecule has 0 spiro atoms. The van der Waals surface area contributed by atoms with E-state index in [4.69, 9.17) is 17.0 Å². The lowest BCUT2D eigenvalue weighted by atomic mass is 10.2. The molecule has 0 radical (unpaired) electrons. The quantitative estimate of drug-likeness (QED) is 0.846. The first-order valence-electron chi connectivity index (χ1n) is 7.78. The van der Waals surface area contributed by atoms with Gasteiger partial charge in [0, 0.05) is 25.0 Å². The summed E-state index contributed by atoms with van der Waals surface area (Å²) in [6, 6.07) is 10.6. The molecule has 0 bridgehead atoms. The lowest BCUT2D eigenvalue weighted by molar-refractivity contribution is 0.406. The van der Waals surface area contributed by atoms with E-state index in [2.05, 4.69) is 27.3 Å². The number of hydrogen-bond donors (Lipinski definition) is 1. The third-order valence-corrected chi connectivity index (χ3v) is 4.26. The number of anilines is 1. The van der Waals surface area contributed by atoms with Gasteiger partial charge in [-0.2, -0.15) is 0 Å². The van der Waals surface area contributed by atoms with Crippen LogP contribution in [0.5, 0.6) is 5.75 Å². The van der Waals surface area contributed by atoms with Crippen molar-refractivity contribution in [3.63, 3.8) is 0 Å². The molecule has 1 fully saturated rings. The maximum Gasteiger partial charge on any atom is 0.174 e. The molecule has 1 heterocycles. The Morgan fingerprint density at radius 1 is 1.39 bits per heavy atom. The van der Waals surface area contributed by atoms with Crippen molar-refractivity contribution in [3.8, 4) is 5.75 Å². The van der Waals surface area contributed by atoms with E-state index in [0.717, 1.165) is 28.7 Å². The molecule has 1 aliphatic rings. The molecule has 5 heteroatoms. The highest BCUT2D eigenvalue weighted by Crippen LogP contribution is 2.31. The summed E-state index contributed by atoms with van der Waals surface area (Å²) in [7, 11) is 1.68. The van der Waals surface area contributed by atoms with E-state index in [1.165, 1.54) is 18.4 Å². The minimum Gasteiger partial charge on any atom is -0.495 e. The maximum atomic E-state index is 5.65. The van der Waals surface area contributed by atoms with Crippen LogP contribution in [-0.2, 0) is 6.54 Å². The molecule has 1 aromatic carbocycles. The highest BCUT2D eigenvalue weighted by molar-refractivity contribution is 7.80. The minimum atomic E-state index is 0.520. The Labute approximate surface area is 142 Å². The lowest BCUT2D eigenvalue weighted by Gasteiger charge is -2.26. The topological polar surface area (TPSA) is 37.4 Å². The Bertz CT molecular complexity index is 686. The second kappa shape index (κ2) is 6.96. The van der Waals surface area contributed by atoms with Gasteiger partial charge < -0.3 is 15.0 Å². The number of methoxy groups -OCH3 is 1. The van der Waals surface area contributed by atoms with Gasteiger partial charge in [0.05, 0.1) is 12.8 Å². The number of nitrogens with zero attached hydrogens (tertiary/aromatic N) is 2. The average molecular weight is 327 g/mol. The molecular weight excluding hydrogens is 306 g/mol. The van der Waals surface area contributed by atoms with Crippen LogP contribution in [0, 0.1) is 6.92 Å². The SMILES string of the molecule is COc1cc(C)ccc1NC(=S)N(Cc1cccnc1)C1CC1. The normalized spacial score (nSPS) is 13.5. The van der Waals surface area contributed by atoms with Crippen molar-refractivity contribution in [3.05, 3.63) is 53.9 Å². The smallest absolute Gasteiger partial charge is 0.174 e. The van der Waals surface area contributed by atoms with Crippen LogP contribution in [-0.4, -0.2) is 28.1 Å². The largest absolute Gasteiger partial charge is 0.495 e. The molecule has 0 amide bonds. The van der Waals surface area contributed by atoms with Gasteiger partial charge in [-0.3, -0.25) is 4.98 Å². The molecule has 2 aromatic rings. The van der Waals surface area contributed by atoms with Gasteiger partial charge in [0.15, 0.2) is 5.11 Å². The monoisotopic (exact) mass is 327 g/mol. The minimum absolute atomic E-state index is 0.520. The second-order valence-corrected chi connectivity index (χ2v) is 6.24. The third-order valence-electron chi connectivity index (χ3n) is 3.92. The van der Waals surface area contributed by atoms with Crippen LogP contribution in [0.25, 0.3) is 0 Å². The molecule has 0 aliphatic heterocycles. The van der Waals surface area contributed by atoms with Crippen molar-refractivity contribution in [2.45, 2.75) is 32.4 Å². The highest BCUT2D eigenvalue weighted by Gasteiger charge is 2.31. The van der Waals surface area contributed by atoms with Crippen molar-refractivity contribution < 1.29 is 4.74 Å². The van der Waals surface area contributed by atoms with Gasteiger partial charge in [0.25, 0.3) is 0 Å². The first-order chi connectivity index (χ1) is 11.2. The molecule has 120 valence electrons. The zero-order valence-corrected chi connectivity index (χ0v) is 14.3. The van der Waals surface area contributed by atoms with Crippen LogP contribution in [0.4, 0.5) is 5.69 Å². The Morgan fingerprint density at radius 2 is 2.22 bits per heavy atom. The predicted octanol–water partition coefficient (Wildman–Crippen LogP) is 3.76. The highest BCUT2D eigenvalue weighted by atomic mass is 32.1. The summed E-state index contributed by atoms with van der Waals surface area (Å²) in [6.07, 6.45) is 6.06. The van der Waals surface area contributed by atoms with E-state index in [9.17, 15) is 0 Å². The van der Waals surface area contributed by atoms with E-state index in [1.807, 2.05) is 31.3 Å². The first-order valence-corrected chi connectivity index (χ1v) is 8.19. The van der Waals surface area contributed by atoms with E-state index >= 15 is 0 Å². The van der Waals surface area contributed by atoms with Crippen molar-refractivity contribution in [2.75, 3.05) is 12.4 Å². The van der Waals surface area contributed by atoms with Gasteiger partial charge in [0.1, 0.15) is 5.75 Å². The number of pyridine rings is 1. The summed E-state index contributed by atoms with van der Waals surface area (Å²) in [5.41, 5.74) is 3.23. The summed E-state index contributed by atoms with van der Waals surface area (Å²) in [4.78, 5) is 6.43. The van der Waals surface area contributed by atoms with Crippen LogP contribution in [0.2, 0.25) is 0 Å². The number of benzene rings is 1. The molecule has 1 aliphatic carbocycles. The van der Waals surface area contributed by atoms with Crippen molar-refractivity contribution >= 4 is 23.0 Å². The molecule has 3 rings (SSSR count). The molecule has 23 heavy (non-hydrogen) atoms. The Hall–Kier alpha value is -2.14. The number of aryl methyl sites for hydroxylation is 1. The van der Waals surface area contributed by atoms with E-state index < -0.39 is 0 Å². The number of nitrogens with one attached hydrogen (secondary N) is 1. The van der Waals surface area contributed by atoms with E-state index in [0.29, 0.717) is 6.04 Å². The van der Waals surface area contributed by atoms with Crippen LogP contribution in [0.15, 0.2) is 42.7 Å². The predicted molar refractivity (Wildman–Crippen MR) is 96.8 cm³/mol. The summed E-state index contributed by atoms with van der Waals surface area (Å²) in [6.45, 7) is 2.82. The molecule has 1 N–H and O–H groups in total. The molecule has 1 aromatic heterocycles. The van der Waals surface area contributed by atoms with E-state index in [1.54, 1.807) is 13.3 Å². The number of aromatic nitrogens is 1. The summed E-state index contributed by atoms with van der Waals surface area (Å²) >= 11 is 5.65. The fourth-order valence-corrected chi connectivity index (χ4v) is 2.85. The van der Waals surface area contributed by atoms with Gasteiger partial charge in [-0.05, 0) is 61.3 Å². The number of rotatable bonds is 5. The molecule has 4 nitrogen and oxygen atoms in total. The molecule has 0 unspecified atom stereocenters. The number of ether oxygens (including phenoxy) is 1. The van der Waals surface area contributed by atoms with E-state index in [-0.39, 0.29) is 0 Å². The summed E-state index contributed by atoms with van der Waals surface area (Å²) in [5.74, 6) is 0.810. The van der Waals surface area contributed by atoms with Crippen LogP contribution >= 0.6 is 12.2 Å². The number of thiocarbonyl (C=S) groups is 1. The molecule has 1 saturated carbocycles. The average Bonchev–Trinajstić information content (AvgIpc) is 3.40. The number of hydrogen-bond acceptors (Lipinski definition) is 3. The lowest BCUT2D eigenvalue weighted by Crippen LogP contribution is -2.36. The maximum absolute atomic E-state index is 5.65. The fraction of sp³-hybridized carbons (Fsp3) is 0.333. The zero-order valence-electron chi connectivity index (χ0n) is 13.5. The Morgan fingerprint density at radius 3 is 2.87 bits per heavy atom.